The molecule has 0 bridgehead atoms. The second-order valence-corrected chi connectivity index (χ2v) is 5.04. The molecule has 0 aliphatic carbocycles. The number of benzene rings is 1. The van der Waals surface area contributed by atoms with Crippen LogP contribution in [0.15, 0.2) is 29.2 Å². The van der Waals surface area contributed by atoms with E-state index in [9.17, 15) is 4.79 Å². The van der Waals surface area contributed by atoms with Crippen molar-refractivity contribution < 1.29 is 4.79 Å². The molecule has 1 aromatic carbocycles. The molecule has 1 aliphatic rings. The first kappa shape index (κ1) is 11.5. The maximum absolute atomic E-state index is 12.1. The van der Waals surface area contributed by atoms with Crippen LogP contribution in [0.25, 0.3) is 0 Å². The van der Waals surface area contributed by atoms with Gasteiger partial charge >= 0.3 is 0 Å². The largest absolute Gasteiger partial charge is 0.339 e. The number of nitrogens with zero attached hydrogens (tertiary/aromatic N) is 1. The molecule has 1 amide bonds. The molecule has 3 heteroatoms. The highest BCUT2D eigenvalue weighted by Crippen LogP contribution is 2.18. The fourth-order valence-electron chi connectivity index (χ4n) is 2.00. The zero-order chi connectivity index (χ0) is 11.5. The molecule has 0 aromatic heterocycles. The predicted octanol–water partition coefficient (Wildman–Crippen LogP) is 2.85. The van der Waals surface area contributed by atoms with E-state index in [0.29, 0.717) is 0 Å². The van der Waals surface area contributed by atoms with Crippen LogP contribution in [0.2, 0.25) is 0 Å². The first-order chi connectivity index (χ1) is 7.66. The Bertz CT molecular complexity index is 366. The zero-order valence-electron chi connectivity index (χ0n) is 9.52. The molecule has 1 aliphatic heterocycles. The SMILES string of the molecule is CC1CCN(C(=O)c2ccc(S)cc2)CC1. The minimum Gasteiger partial charge on any atom is -0.339 e. The van der Waals surface area contributed by atoms with Crippen molar-refractivity contribution in [2.75, 3.05) is 13.1 Å². The molecule has 0 unspecified atom stereocenters. The summed E-state index contributed by atoms with van der Waals surface area (Å²) in [7, 11) is 0. The van der Waals surface area contributed by atoms with Gasteiger partial charge in [-0.1, -0.05) is 6.92 Å². The topological polar surface area (TPSA) is 20.3 Å². The maximum Gasteiger partial charge on any atom is 0.253 e. The highest BCUT2D eigenvalue weighted by atomic mass is 32.1. The number of carbonyl (C=O) groups excluding carboxylic acids is 1. The average molecular weight is 235 g/mol. The second kappa shape index (κ2) is 4.91. The van der Waals surface area contributed by atoms with Crippen LogP contribution in [-0.4, -0.2) is 23.9 Å². The van der Waals surface area contributed by atoms with Crippen molar-refractivity contribution in [2.24, 2.45) is 5.92 Å². The first-order valence-electron chi connectivity index (χ1n) is 5.75. The normalized spacial score (nSPS) is 17.5. The van der Waals surface area contributed by atoms with Gasteiger partial charge in [-0.2, -0.15) is 0 Å². The van der Waals surface area contributed by atoms with Gasteiger partial charge in [0.25, 0.3) is 5.91 Å². The summed E-state index contributed by atoms with van der Waals surface area (Å²) in [6, 6.07) is 7.43. The molecule has 0 N–H and O–H groups in total. The molecule has 2 rings (SSSR count). The van der Waals surface area contributed by atoms with Crippen LogP contribution >= 0.6 is 12.6 Å². The molecule has 0 saturated carbocycles. The Labute approximate surface area is 102 Å². The van der Waals surface area contributed by atoms with Crippen molar-refractivity contribution >= 4 is 18.5 Å². The van der Waals surface area contributed by atoms with E-state index in [-0.39, 0.29) is 5.91 Å². The molecule has 0 radical (unpaired) electrons. The van der Waals surface area contributed by atoms with E-state index in [4.69, 9.17) is 0 Å². The van der Waals surface area contributed by atoms with Gasteiger partial charge in [-0.3, -0.25) is 4.79 Å². The molecular weight excluding hydrogens is 218 g/mol. The Morgan fingerprint density at radius 1 is 1.25 bits per heavy atom. The molecule has 1 heterocycles. The number of piperidine rings is 1. The smallest absolute Gasteiger partial charge is 0.253 e. The van der Waals surface area contributed by atoms with Gasteiger partial charge in [0.1, 0.15) is 0 Å². The quantitative estimate of drug-likeness (QED) is 0.742. The number of likely N-dealkylation sites (tertiary alicyclic amines) is 1. The van der Waals surface area contributed by atoms with E-state index in [0.717, 1.165) is 42.3 Å². The highest BCUT2D eigenvalue weighted by molar-refractivity contribution is 7.80. The lowest BCUT2D eigenvalue weighted by molar-refractivity contribution is 0.0697. The van der Waals surface area contributed by atoms with Crippen molar-refractivity contribution in [3.8, 4) is 0 Å². The maximum atomic E-state index is 12.1. The van der Waals surface area contributed by atoms with Crippen LogP contribution in [0.5, 0.6) is 0 Å². The van der Waals surface area contributed by atoms with Crippen LogP contribution in [0.4, 0.5) is 0 Å². The van der Waals surface area contributed by atoms with Crippen molar-refractivity contribution in [1.29, 1.82) is 0 Å². The first-order valence-corrected chi connectivity index (χ1v) is 6.20. The number of amides is 1. The molecular formula is C13H17NOS. The van der Waals surface area contributed by atoms with E-state index in [1.165, 1.54) is 0 Å². The van der Waals surface area contributed by atoms with Gasteiger partial charge in [0.2, 0.25) is 0 Å². The summed E-state index contributed by atoms with van der Waals surface area (Å²) in [5.41, 5.74) is 0.771. The molecule has 1 saturated heterocycles. The van der Waals surface area contributed by atoms with Gasteiger partial charge in [0, 0.05) is 23.5 Å². The zero-order valence-corrected chi connectivity index (χ0v) is 10.4. The lowest BCUT2D eigenvalue weighted by Crippen LogP contribution is -2.37. The Morgan fingerprint density at radius 2 is 1.81 bits per heavy atom. The molecule has 2 nitrogen and oxygen atoms in total. The van der Waals surface area contributed by atoms with Gasteiger partial charge in [-0.05, 0) is 43.0 Å². The number of hydrogen-bond acceptors (Lipinski definition) is 2. The van der Waals surface area contributed by atoms with Gasteiger partial charge in [0.15, 0.2) is 0 Å². The second-order valence-electron chi connectivity index (χ2n) is 4.52. The minimum atomic E-state index is 0.153. The summed E-state index contributed by atoms with van der Waals surface area (Å²) in [4.78, 5) is 15.0. The van der Waals surface area contributed by atoms with Crippen LogP contribution in [0.3, 0.4) is 0 Å². The Morgan fingerprint density at radius 3 is 2.38 bits per heavy atom. The van der Waals surface area contributed by atoms with Gasteiger partial charge in [0.05, 0.1) is 0 Å². The summed E-state index contributed by atoms with van der Waals surface area (Å²) in [6.07, 6.45) is 2.24. The lowest BCUT2D eigenvalue weighted by atomic mass is 9.98. The van der Waals surface area contributed by atoms with Crippen molar-refractivity contribution in [2.45, 2.75) is 24.7 Å². The predicted molar refractivity (Wildman–Crippen MR) is 68.0 cm³/mol. The van der Waals surface area contributed by atoms with E-state index in [1.807, 2.05) is 29.2 Å². The molecule has 0 spiro atoms. The molecule has 1 fully saturated rings. The summed E-state index contributed by atoms with van der Waals surface area (Å²) < 4.78 is 0. The third-order valence-corrected chi connectivity index (χ3v) is 3.48. The summed E-state index contributed by atoms with van der Waals surface area (Å²) in [5, 5.41) is 0. The van der Waals surface area contributed by atoms with E-state index in [2.05, 4.69) is 19.6 Å². The Balaban J connectivity index is 2.05. The summed E-state index contributed by atoms with van der Waals surface area (Å²) in [5.74, 6) is 0.907. The third kappa shape index (κ3) is 2.59. The van der Waals surface area contributed by atoms with Crippen LogP contribution in [0.1, 0.15) is 30.1 Å². The lowest BCUT2D eigenvalue weighted by Gasteiger charge is -2.30. The van der Waals surface area contributed by atoms with Crippen molar-refractivity contribution in [3.05, 3.63) is 29.8 Å². The molecule has 86 valence electrons. The van der Waals surface area contributed by atoms with Gasteiger partial charge in [-0.25, -0.2) is 0 Å². The number of carbonyl (C=O) groups is 1. The standard InChI is InChI=1S/C13H17NOS/c1-10-6-8-14(9-7-10)13(15)11-2-4-12(16)5-3-11/h2-5,10,16H,6-9H2,1H3. The van der Waals surface area contributed by atoms with Gasteiger partial charge in [-0.15, -0.1) is 12.6 Å². The molecule has 0 atom stereocenters. The number of rotatable bonds is 1. The van der Waals surface area contributed by atoms with Gasteiger partial charge < -0.3 is 4.90 Å². The number of thiol groups is 1. The van der Waals surface area contributed by atoms with E-state index in [1.54, 1.807) is 0 Å². The van der Waals surface area contributed by atoms with Crippen LogP contribution in [-0.2, 0) is 0 Å². The fraction of sp³-hybridized carbons (Fsp3) is 0.462. The summed E-state index contributed by atoms with van der Waals surface area (Å²) >= 11 is 4.21. The van der Waals surface area contributed by atoms with Crippen molar-refractivity contribution in [1.82, 2.24) is 4.90 Å². The fourth-order valence-corrected chi connectivity index (χ4v) is 2.15. The Hall–Kier alpha value is -0.960. The highest BCUT2D eigenvalue weighted by Gasteiger charge is 2.20. The van der Waals surface area contributed by atoms with Crippen LogP contribution in [0, 0.1) is 5.92 Å². The van der Waals surface area contributed by atoms with E-state index < -0.39 is 0 Å². The molecule has 16 heavy (non-hydrogen) atoms. The minimum absolute atomic E-state index is 0.153. The van der Waals surface area contributed by atoms with Crippen molar-refractivity contribution in [3.63, 3.8) is 0 Å². The Kier molecular flexibility index (Phi) is 3.54. The summed E-state index contributed by atoms with van der Waals surface area (Å²) in [6.45, 7) is 4.03. The van der Waals surface area contributed by atoms with Crippen LogP contribution < -0.4 is 0 Å². The molecule has 1 aromatic rings. The monoisotopic (exact) mass is 235 g/mol. The average Bonchev–Trinajstić information content (AvgIpc) is 2.30. The van der Waals surface area contributed by atoms with E-state index >= 15 is 0 Å². The number of hydrogen-bond donors (Lipinski definition) is 1. The third-order valence-electron chi connectivity index (χ3n) is 3.19.